The van der Waals surface area contributed by atoms with Crippen LogP contribution in [0.5, 0.6) is 0 Å². The SMILES string of the molecule is CSC1CCCC(NCC2CCCOC2)C1. The van der Waals surface area contributed by atoms with Gasteiger partial charge in [-0.2, -0.15) is 11.8 Å². The Labute approximate surface area is 104 Å². The summed E-state index contributed by atoms with van der Waals surface area (Å²) in [5.41, 5.74) is 0. The minimum Gasteiger partial charge on any atom is -0.381 e. The number of rotatable bonds is 4. The van der Waals surface area contributed by atoms with Crippen LogP contribution in [0, 0.1) is 5.92 Å². The Bertz CT molecular complexity index is 194. The second kappa shape index (κ2) is 6.87. The van der Waals surface area contributed by atoms with Crippen molar-refractivity contribution in [3.63, 3.8) is 0 Å². The lowest BCUT2D eigenvalue weighted by Gasteiger charge is -2.31. The van der Waals surface area contributed by atoms with E-state index in [1.165, 1.54) is 45.1 Å². The van der Waals surface area contributed by atoms with Crippen molar-refractivity contribution in [2.24, 2.45) is 5.92 Å². The van der Waals surface area contributed by atoms with E-state index in [0.717, 1.165) is 30.4 Å². The summed E-state index contributed by atoms with van der Waals surface area (Å²) < 4.78 is 5.52. The topological polar surface area (TPSA) is 21.3 Å². The second-order valence-electron chi connectivity index (χ2n) is 5.21. The number of ether oxygens (including phenoxy) is 1. The molecule has 3 unspecified atom stereocenters. The smallest absolute Gasteiger partial charge is 0.0506 e. The first kappa shape index (κ1) is 12.7. The maximum Gasteiger partial charge on any atom is 0.0506 e. The molecule has 0 spiro atoms. The molecule has 0 aromatic rings. The van der Waals surface area contributed by atoms with Crippen molar-refractivity contribution in [2.75, 3.05) is 26.0 Å². The molecule has 0 aromatic carbocycles. The fraction of sp³-hybridized carbons (Fsp3) is 1.00. The molecule has 1 saturated carbocycles. The predicted molar refractivity (Wildman–Crippen MR) is 71.1 cm³/mol. The third-order valence-corrected chi connectivity index (χ3v) is 5.00. The van der Waals surface area contributed by atoms with Crippen LogP contribution in [-0.4, -0.2) is 37.3 Å². The zero-order chi connectivity index (χ0) is 11.2. The summed E-state index contributed by atoms with van der Waals surface area (Å²) in [6.07, 6.45) is 10.4. The summed E-state index contributed by atoms with van der Waals surface area (Å²) in [6.45, 7) is 3.13. The fourth-order valence-corrected chi connectivity index (χ4v) is 3.67. The van der Waals surface area contributed by atoms with Gasteiger partial charge in [-0.3, -0.25) is 0 Å². The maximum absolute atomic E-state index is 5.52. The quantitative estimate of drug-likeness (QED) is 0.820. The van der Waals surface area contributed by atoms with E-state index in [4.69, 9.17) is 4.74 Å². The minimum absolute atomic E-state index is 0.767. The van der Waals surface area contributed by atoms with Crippen LogP contribution in [0.1, 0.15) is 38.5 Å². The molecule has 3 heteroatoms. The Morgan fingerprint density at radius 1 is 1.25 bits per heavy atom. The molecular weight excluding hydrogens is 218 g/mol. The molecule has 0 radical (unpaired) electrons. The van der Waals surface area contributed by atoms with Crippen LogP contribution < -0.4 is 5.32 Å². The molecule has 2 nitrogen and oxygen atoms in total. The molecule has 2 aliphatic rings. The highest BCUT2D eigenvalue weighted by atomic mass is 32.2. The molecule has 0 aromatic heterocycles. The molecule has 0 amide bonds. The first-order chi connectivity index (χ1) is 7.88. The Kier molecular flexibility index (Phi) is 5.46. The molecule has 94 valence electrons. The highest BCUT2D eigenvalue weighted by molar-refractivity contribution is 7.99. The van der Waals surface area contributed by atoms with E-state index in [9.17, 15) is 0 Å². The number of nitrogens with one attached hydrogen (secondary N) is 1. The summed E-state index contributed by atoms with van der Waals surface area (Å²) >= 11 is 2.05. The second-order valence-corrected chi connectivity index (χ2v) is 6.35. The lowest BCUT2D eigenvalue weighted by Crippen LogP contribution is -2.39. The number of hydrogen-bond donors (Lipinski definition) is 1. The predicted octanol–water partition coefficient (Wildman–Crippen LogP) is 2.68. The summed E-state index contributed by atoms with van der Waals surface area (Å²) in [6, 6.07) is 0.771. The molecule has 2 rings (SSSR count). The van der Waals surface area contributed by atoms with Gasteiger partial charge in [0, 0.05) is 24.4 Å². The summed E-state index contributed by atoms with van der Waals surface area (Å²) in [5.74, 6) is 0.767. The molecule has 0 bridgehead atoms. The Balaban J connectivity index is 1.64. The van der Waals surface area contributed by atoms with Gasteiger partial charge in [-0.05, 0) is 44.3 Å². The molecule has 1 aliphatic heterocycles. The zero-order valence-corrected chi connectivity index (χ0v) is 11.2. The van der Waals surface area contributed by atoms with Crippen molar-refractivity contribution in [1.29, 1.82) is 0 Å². The molecule has 16 heavy (non-hydrogen) atoms. The van der Waals surface area contributed by atoms with Gasteiger partial charge in [0.25, 0.3) is 0 Å². The van der Waals surface area contributed by atoms with Crippen LogP contribution in [0.2, 0.25) is 0 Å². The first-order valence-electron chi connectivity index (χ1n) is 6.72. The van der Waals surface area contributed by atoms with Crippen LogP contribution in [-0.2, 0) is 4.74 Å². The van der Waals surface area contributed by atoms with Gasteiger partial charge in [0.05, 0.1) is 6.61 Å². The van der Waals surface area contributed by atoms with E-state index in [1.807, 2.05) is 11.8 Å². The van der Waals surface area contributed by atoms with Crippen molar-refractivity contribution in [1.82, 2.24) is 5.32 Å². The van der Waals surface area contributed by atoms with Gasteiger partial charge in [-0.1, -0.05) is 6.42 Å². The molecule has 1 heterocycles. The Morgan fingerprint density at radius 3 is 2.94 bits per heavy atom. The van der Waals surface area contributed by atoms with E-state index in [-0.39, 0.29) is 0 Å². The van der Waals surface area contributed by atoms with Gasteiger partial charge >= 0.3 is 0 Å². The van der Waals surface area contributed by atoms with E-state index < -0.39 is 0 Å². The lowest BCUT2D eigenvalue weighted by molar-refractivity contribution is 0.0533. The molecule has 1 aliphatic carbocycles. The monoisotopic (exact) mass is 243 g/mol. The third-order valence-electron chi connectivity index (χ3n) is 3.91. The minimum atomic E-state index is 0.767. The highest BCUT2D eigenvalue weighted by Gasteiger charge is 2.22. The molecule has 1 N–H and O–H groups in total. The van der Waals surface area contributed by atoms with E-state index in [0.29, 0.717) is 0 Å². The van der Waals surface area contributed by atoms with Crippen LogP contribution in [0.4, 0.5) is 0 Å². The third kappa shape index (κ3) is 3.94. The highest BCUT2D eigenvalue weighted by Crippen LogP contribution is 2.27. The number of thioether (sulfide) groups is 1. The van der Waals surface area contributed by atoms with Crippen molar-refractivity contribution < 1.29 is 4.74 Å². The summed E-state index contributed by atoms with van der Waals surface area (Å²) in [4.78, 5) is 0. The fourth-order valence-electron chi connectivity index (χ4n) is 2.85. The van der Waals surface area contributed by atoms with Gasteiger partial charge < -0.3 is 10.1 Å². The van der Waals surface area contributed by atoms with Gasteiger partial charge in [-0.15, -0.1) is 0 Å². The average molecular weight is 243 g/mol. The van der Waals surface area contributed by atoms with Crippen molar-refractivity contribution >= 4 is 11.8 Å². The Hall–Kier alpha value is 0.270. The van der Waals surface area contributed by atoms with Crippen molar-refractivity contribution in [3.05, 3.63) is 0 Å². The molecular formula is C13H25NOS. The summed E-state index contributed by atoms with van der Waals surface area (Å²) in [7, 11) is 0. The van der Waals surface area contributed by atoms with Gasteiger partial charge in [0.15, 0.2) is 0 Å². The van der Waals surface area contributed by atoms with Gasteiger partial charge in [0.1, 0.15) is 0 Å². The molecule has 1 saturated heterocycles. The standard InChI is InChI=1S/C13H25NOS/c1-16-13-6-2-5-12(8-13)14-9-11-4-3-7-15-10-11/h11-14H,2-10H2,1H3. The van der Waals surface area contributed by atoms with Crippen LogP contribution in [0.15, 0.2) is 0 Å². The van der Waals surface area contributed by atoms with E-state index >= 15 is 0 Å². The van der Waals surface area contributed by atoms with Crippen LogP contribution >= 0.6 is 11.8 Å². The Morgan fingerprint density at radius 2 is 2.19 bits per heavy atom. The van der Waals surface area contributed by atoms with E-state index in [1.54, 1.807) is 0 Å². The molecule has 3 atom stereocenters. The average Bonchev–Trinajstić information content (AvgIpc) is 2.38. The van der Waals surface area contributed by atoms with E-state index in [2.05, 4.69) is 11.6 Å². The van der Waals surface area contributed by atoms with Gasteiger partial charge in [0.2, 0.25) is 0 Å². The molecule has 2 fully saturated rings. The normalized spacial score (nSPS) is 36.2. The maximum atomic E-state index is 5.52. The largest absolute Gasteiger partial charge is 0.381 e. The van der Waals surface area contributed by atoms with Crippen LogP contribution in [0.3, 0.4) is 0 Å². The van der Waals surface area contributed by atoms with Crippen LogP contribution in [0.25, 0.3) is 0 Å². The van der Waals surface area contributed by atoms with Crippen molar-refractivity contribution in [3.8, 4) is 0 Å². The zero-order valence-electron chi connectivity index (χ0n) is 10.4. The number of hydrogen-bond acceptors (Lipinski definition) is 3. The lowest BCUT2D eigenvalue weighted by atomic mass is 9.94. The summed E-state index contributed by atoms with van der Waals surface area (Å²) in [5, 5.41) is 4.66. The first-order valence-corrected chi connectivity index (χ1v) is 8.01. The van der Waals surface area contributed by atoms with Crippen molar-refractivity contribution in [2.45, 2.75) is 49.8 Å². The van der Waals surface area contributed by atoms with Gasteiger partial charge in [-0.25, -0.2) is 0 Å².